The maximum atomic E-state index is 9.36. The van der Waals surface area contributed by atoms with Gasteiger partial charge < -0.3 is 15.2 Å². The molecule has 0 amide bonds. The summed E-state index contributed by atoms with van der Waals surface area (Å²) in [6.07, 6.45) is 1.12. The highest BCUT2D eigenvalue weighted by atomic mass is 16.5. The zero-order chi connectivity index (χ0) is 11.2. The van der Waals surface area contributed by atoms with E-state index in [0.29, 0.717) is 5.92 Å². The van der Waals surface area contributed by atoms with Crippen molar-refractivity contribution in [2.45, 2.75) is 12.5 Å². The van der Waals surface area contributed by atoms with Crippen LogP contribution in [-0.2, 0) is 4.74 Å². The van der Waals surface area contributed by atoms with Crippen LogP contribution in [0.3, 0.4) is 0 Å². The van der Waals surface area contributed by atoms with Crippen LogP contribution in [-0.4, -0.2) is 31.5 Å². The molecule has 1 saturated heterocycles. The van der Waals surface area contributed by atoms with Crippen LogP contribution >= 0.6 is 0 Å². The van der Waals surface area contributed by atoms with Gasteiger partial charge in [-0.3, -0.25) is 0 Å². The highest BCUT2D eigenvalue weighted by Gasteiger charge is 2.17. The number of nitrogens with one attached hydrogen (secondary N) is 1. The monoisotopic (exact) mass is 221 g/mol. The summed E-state index contributed by atoms with van der Waals surface area (Å²) in [6, 6.07) is 10.1. The molecule has 3 heteroatoms. The summed E-state index contributed by atoms with van der Waals surface area (Å²) < 4.78 is 5.33. The Kier molecular flexibility index (Phi) is 4.34. The highest BCUT2D eigenvalue weighted by Crippen LogP contribution is 2.15. The van der Waals surface area contributed by atoms with Crippen LogP contribution in [0.25, 0.3) is 0 Å². The normalized spacial score (nSPS) is 22.2. The van der Waals surface area contributed by atoms with Gasteiger partial charge in [0.15, 0.2) is 0 Å². The lowest BCUT2D eigenvalue weighted by Gasteiger charge is -2.18. The summed E-state index contributed by atoms with van der Waals surface area (Å²) >= 11 is 0. The van der Waals surface area contributed by atoms with E-state index in [-0.39, 0.29) is 12.6 Å². The van der Waals surface area contributed by atoms with Gasteiger partial charge in [0.05, 0.1) is 19.3 Å². The Morgan fingerprint density at radius 2 is 2.19 bits per heavy atom. The second-order valence-electron chi connectivity index (χ2n) is 4.28. The summed E-state index contributed by atoms with van der Waals surface area (Å²) in [4.78, 5) is 0. The van der Waals surface area contributed by atoms with Crippen molar-refractivity contribution in [2.75, 3.05) is 26.4 Å². The molecule has 1 aliphatic heterocycles. The van der Waals surface area contributed by atoms with E-state index in [0.717, 1.165) is 31.7 Å². The van der Waals surface area contributed by atoms with Crippen LogP contribution < -0.4 is 5.32 Å². The predicted molar refractivity (Wildman–Crippen MR) is 63.2 cm³/mol. The van der Waals surface area contributed by atoms with E-state index in [1.54, 1.807) is 0 Å². The fraction of sp³-hybridized carbons (Fsp3) is 0.538. The second kappa shape index (κ2) is 5.99. The molecule has 3 nitrogen and oxygen atoms in total. The van der Waals surface area contributed by atoms with Crippen molar-refractivity contribution < 1.29 is 9.84 Å². The van der Waals surface area contributed by atoms with Gasteiger partial charge in [-0.2, -0.15) is 0 Å². The van der Waals surface area contributed by atoms with Gasteiger partial charge in [0, 0.05) is 13.2 Å². The molecule has 2 N–H and O–H groups in total. The average Bonchev–Trinajstić information content (AvgIpc) is 2.84. The Labute approximate surface area is 96.4 Å². The second-order valence-corrected chi connectivity index (χ2v) is 4.28. The first-order valence-corrected chi connectivity index (χ1v) is 5.87. The molecule has 0 radical (unpaired) electrons. The first kappa shape index (κ1) is 11.6. The van der Waals surface area contributed by atoms with E-state index in [1.165, 1.54) is 0 Å². The lowest BCUT2D eigenvalue weighted by molar-refractivity contribution is 0.181. The van der Waals surface area contributed by atoms with E-state index >= 15 is 0 Å². The number of hydrogen-bond donors (Lipinski definition) is 2. The summed E-state index contributed by atoms with van der Waals surface area (Å²) in [6.45, 7) is 2.78. The quantitative estimate of drug-likeness (QED) is 0.788. The molecule has 0 aliphatic carbocycles. The summed E-state index contributed by atoms with van der Waals surface area (Å²) in [5.41, 5.74) is 1.14. The number of ether oxygens (including phenoxy) is 1. The van der Waals surface area contributed by atoms with Gasteiger partial charge in [-0.25, -0.2) is 0 Å². The molecule has 1 aromatic rings. The minimum atomic E-state index is 0.0433. The fourth-order valence-corrected chi connectivity index (χ4v) is 2.03. The van der Waals surface area contributed by atoms with E-state index in [9.17, 15) is 5.11 Å². The molecule has 1 fully saturated rings. The van der Waals surface area contributed by atoms with Gasteiger partial charge in [-0.1, -0.05) is 30.3 Å². The molecule has 88 valence electrons. The molecule has 2 atom stereocenters. The van der Waals surface area contributed by atoms with Crippen LogP contribution in [0.2, 0.25) is 0 Å². The van der Waals surface area contributed by atoms with Crippen LogP contribution in [0.4, 0.5) is 0 Å². The number of hydrogen-bond acceptors (Lipinski definition) is 3. The molecule has 0 bridgehead atoms. The van der Waals surface area contributed by atoms with Crippen molar-refractivity contribution in [1.82, 2.24) is 5.32 Å². The molecule has 0 aromatic heterocycles. The van der Waals surface area contributed by atoms with Gasteiger partial charge in [0.2, 0.25) is 0 Å². The molecular weight excluding hydrogens is 202 g/mol. The molecule has 1 unspecified atom stereocenters. The topological polar surface area (TPSA) is 41.5 Å². The summed E-state index contributed by atoms with van der Waals surface area (Å²) in [7, 11) is 0. The Morgan fingerprint density at radius 1 is 1.38 bits per heavy atom. The minimum absolute atomic E-state index is 0.0433. The van der Waals surface area contributed by atoms with E-state index in [1.807, 2.05) is 30.3 Å². The van der Waals surface area contributed by atoms with Crippen LogP contribution in [0.5, 0.6) is 0 Å². The van der Waals surface area contributed by atoms with Gasteiger partial charge in [0.25, 0.3) is 0 Å². The van der Waals surface area contributed by atoms with Gasteiger partial charge >= 0.3 is 0 Å². The number of rotatable bonds is 5. The molecule has 0 saturated carbocycles. The number of benzene rings is 1. The zero-order valence-corrected chi connectivity index (χ0v) is 9.43. The van der Waals surface area contributed by atoms with Crippen molar-refractivity contribution in [1.29, 1.82) is 0 Å². The van der Waals surface area contributed by atoms with Crippen LogP contribution in [0.15, 0.2) is 30.3 Å². The van der Waals surface area contributed by atoms with Gasteiger partial charge in [-0.05, 0) is 17.9 Å². The first-order chi connectivity index (χ1) is 7.90. The maximum Gasteiger partial charge on any atom is 0.0626 e. The summed E-state index contributed by atoms with van der Waals surface area (Å²) in [5.74, 6) is 0.595. The van der Waals surface area contributed by atoms with Crippen molar-refractivity contribution >= 4 is 0 Å². The molecule has 16 heavy (non-hydrogen) atoms. The predicted octanol–water partition coefficient (Wildman–Crippen LogP) is 1.35. The fourth-order valence-electron chi connectivity index (χ4n) is 2.03. The van der Waals surface area contributed by atoms with Crippen molar-refractivity contribution in [3.05, 3.63) is 35.9 Å². The van der Waals surface area contributed by atoms with Crippen LogP contribution in [0.1, 0.15) is 18.0 Å². The zero-order valence-electron chi connectivity index (χ0n) is 9.43. The molecule has 1 heterocycles. The van der Waals surface area contributed by atoms with Crippen molar-refractivity contribution in [3.63, 3.8) is 0 Å². The smallest absolute Gasteiger partial charge is 0.0626 e. The lowest BCUT2D eigenvalue weighted by Crippen LogP contribution is -2.29. The third-order valence-corrected chi connectivity index (χ3v) is 3.06. The third-order valence-electron chi connectivity index (χ3n) is 3.06. The standard InChI is InChI=1S/C13H19NO2/c15-9-13(12-4-2-1-3-5-12)14-8-11-6-7-16-10-11/h1-5,11,13-15H,6-10H2/t11?,13-/m1/s1. The SMILES string of the molecule is OC[C@@H](NCC1CCOC1)c1ccccc1. The third kappa shape index (κ3) is 3.04. The maximum absolute atomic E-state index is 9.36. The summed E-state index contributed by atoms with van der Waals surface area (Å²) in [5, 5.41) is 12.8. The lowest BCUT2D eigenvalue weighted by atomic mass is 10.1. The molecule has 1 aliphatic rings. The largest absolute Gasteiger partial charge is 0.394 e. The number of aliphatic hydroxyl groups is 1. The Bertz CT molecular complexity index is 296. The number of aliphatic hydroxyl groups excluding tert-OH is 1. The average molecular weight is 221 g/mol. The van der Waals surface area contributed by atoms with Gasteiger partial charge in [0.1, 0.15) is 0 Å². The first-order valence-electron chi connectivity index (χ1n) is 5.87. The van der Waals surface area contributed by atoms with Crippen molar-refractivity contribution in [2.24, 2.45) is 5.92 Å². The molecule has 2 rings (SSSR count). The molecule has 0 spiro atoms. The Morgan fingerprint density at radius 3 is 2.81 bits per heavy atom. The molecule has 1 aromatic carbocycles. The van der Waals surface area contributed by atoms with E-state index in [2.05, 4.69) is 5.32 Å². The Balaban J connectivity index is 1.85. The van der Waals surface area contributed by atoms with E-state index < -0.39 is 0 Å². The Hall–Kier alpha value is -0.900. The highest BCUT2D eigenvalue weighted by molar-refractivity contribution is 5.18. The van der Waals surface area contributed by atoms with Crippen molar-refractivity contribution in [3.8, 4) is 0 Å². The molecular formula is C13H19NO2. The minimum Gasteiger partial charge on any atom is -0.394 e. The van der Waals surface area contributed by atoms with Gasteiger partial charge in [-0.15, -0.1) is 0 Å². The van der Waals surface area contributed by atoms with Crippen LogP contribution in [0, 0.1) is 5.92 Å². The van der Waals surface area contributed by atoms with E-state index in [4.69, 9.17) is 4.74 Å².